The molecular formula is C17H15ClNO+. The maximum Gasteiger partial charge on any atom is 0.275 e. The topological polar surface area (TPSA) is 24.1 Å². The van der Waals surface area contributed by atoms with Crippen molar-refractivity contribution >= 4 is 22.5 Å². The number of benzene rings is 2. The van der Waals surface area contributed by atoms with Gasteiger partial charge in [-0.1, -0.05) is 42.5 Å². The minimum absolute atomic E-state index is 0.435. The molecule has 1 atom stereocenters. The Kier molecular flexibility index (Phi) is 3.68. The molecule has 0 bridgehead atoms. The lowest BCUT2D eigenvalue weighted by atomic mass is 10.1. The second-order valence-electron chi connectivity index (χ2n) is 4.75. The summed E-state index contributed by atoms with van der Waals surface area (Å²) in [5, 5.41) is 12.1. The lowest BCUT2D eigenvalue weighted by molar-refractivity contribution is -0.677. The molecular weight excluding hydrogens is 270 g/mol. The Balaban J connectivity index is 2.00. The molecule has 0 aliphatic heterocycles. The van der Waals surface area contributed by atoms with Gasteiger partial charge in [-0.3, -0.25) is 0 Å². The lowest BCUT2D eigenvalue weighted by Crippen LogP contribution is -2.38. The minimum atomic E-state index is -0.579. The molecule has 100 valence electrons. The van der Waals surface area contributed by atoms with E-state index in [4.69, 9.17) is 11.6 Å². The molecule has 2 aromatic carbocycles. The zero-order valence-corrected chi connectivity index (χ0v) is 11.7. The van der Waals surface area contributed by atoms with E-state index in [1.807, 2.05) is 71.3 Å². The second kappa shape index (κ2) is 5.61. The number of pyridine rings is 1. The number of aliphatic hydroxyl groups excluding tert-OH is 1. The van der Waals surface area contributed by atoms with Crippen LogP contribution in [0.4, 0.5) is 0 Å². The van der Waals surface area contributed by atoms with Crippen molar-refractivity contribution in [3.05, 3.63) is 77.4 Å². The highest BCUT2D eigenvalue weighted by Gasteiger charge is 2.19. The van der Waals surface area contributed by atoms with Crippen LogP contribution in [0.2, 0.25) is 5.15 Å². The highest BCUT2D eigenvalue weighted by atomic mass is 35.5. The van der Waals surface area contributed by atoms with Gasteiger partial charge in [-0.25, -0.2) is 0 Å². The predicted octanol–water partition coefficient (Wildman–Crippen LogP) is 3.51. The van der Waals surface area contributed by atoms with Gasteiger partial charge in [-0.15, -0.1) is 0 Å². The zero-order valence-electron chi connectivity index (χ0n) is 10.9. The van der Waals surface area contributed by atoms with Crippen LogP contribution in [0.15, 0.2) is 66.7 Å². The summed E-state index contributed by atoms with van der Waals surface area (Å²) in [4.78, 5) is 0. The van der Waals surface area contributed by atoms with Crippen LogP contribution >= 0.6 is 11.6 Å². The van der Waals surface area contributed by atoms with Crippen molar-refractivity contribution in [2.75, 3.05) is 0 Å². The minimum Gasteiger partial charge on any atom is -0.382 e. The van der Waals surface area contributed by atoms with Crippen molar-refractivity contribution in [3.63, 3.8) is 0 Å². The molecule has 0 saturated heterocycles. The maximum atomic E-state index is 10.4. The van der Waals surface area contributed by atoms with Gasteiger partial charge in [0.2, 0.25) is 5.52 Å². The molecule has 3 rings (SSSR count). The van der Waals surface area contributed by atoms with E-state index in [9.17, 15) is 5.11 Å². The molecule has 0 aliphatic carbocycles. The number of nitrogens with zero attached hydrogens (tertiary/aromatic N) is 1. The average molecular weight is 285 g/mol. The average Bonchev–Trinajstić information content (AvgIpc) is 2.51. The van der Waals surface area contributed by atoms with E-state index in [-0.39, 0.29) is 0 Å². The number of hydrogen-bond donors (Lipinski definition) is 1. The smallest absolute Gasteiger partial charge is 0.275 e. The van der Waals surface area contributed by atoms with E-state index < -0.39 is 6.10 Å². The Morgan fingerprint density at radius 2 is 1.60 bits per heavy atom. The SMILES string of the molecule is OC(C[n+]1c(Cl)ccc2ccccc21)c1ccccc1. The van der Waals surface area contributed by atoms with Crippen LogP contribution in [-0.2, 0) is 6.54 Å². The third kappa shape index (κ3) is 2.53. The first kappa shape index (κ1) is 13.1. The molecule has 3 heteroatoms. The molecule has 0 amide bonds. The summed E-state index contributed by atoms with van der Waals surface area (Å²) in [5.74, 6) is 0. The van der Waals surface area contributed by atoms with E-state index >= 15 is 0 Å². The van der Waals surface area contributed by atoms with Crippen LogP contribution in [-0.4, -0.2) is 5.11 Å². The molecule has 1 heterocycles. The Labute approximate surface area is 122 Å². The Bertz CT molecular complexity index is 727. The van der Waals surface area contributed by atoms with Gasteiger partial charge in [0.25, 0.3) is 5.15 Å². The van der Waals surface area contributed by atoms with Gasteiger partial charge < -0.3 is 5.11 Å². The fraction of sp³-hybridized carbons (Fsp3) is 0.118. The van der Waals surface area contributed by atoms with Crippen molar-refractivity contribution in [2.24, 2.45) is 0 Å². The molecule has 0 saturated carbocycles. The normalized spacial score (nSPS) is 12.5. The molecule has 2 nitrogen and oxygen atoms in total. The number of rotatable bonds is 3. The quantitative estimate of drug-likeness (QED) is 0.577. The van der Waals surface area contributed by atoms with Crippen molar-refractivity contribution < 1.29 is 9.67 Å². The molecule has 0 spiro atoms. The van der Waals surface area contributed by atoms with Gasteiger partial charge in [-0.2, -0.15) is 4.57 Å². The van der Waals surface area contributed by atoms with Gasteiger partial charge in [0.15, 0.2) is 6.54 Å². The summed E-state index contributed by atoms with van der Waals surface area (Å²) in [6.45, 7) is 0.435. The Hall–Kier alpha value is -1.90. The molecule has 1 aromatic heterocycles. The second-order valence-corrected chi connectivity index (χ2v) is 5.14. The largest absolute Gasteiger partial charge is 0.382 e. The number of hydrogen-bond acceptors (Lipinski definition) is 1. The molecule has 1 unspecified atom stereocenters. The van der Waals surface area contributed by atoms with E-state index in [0.717, 1.165) is 16.5 Å². The first-order valence-corrected chi connectivity index (χ1v) is 6.93. The fourth-order valence-corrected chi connectivity index (χ4v) is 2.60. The summed E-state index contributed by atoms with van der Waals surface area (Å²) in [5.41, 5.74) is 1.92. The van der Waals surface area contributed by atoms with Gasteiger partial charge >= 0.3 is 0 Å². The van der Waals surface area contributed by atoms with Crippen LogP contribution < -0.4 is 4.57 Å². The zero-order chi connectivity index (χ0) is 13.9. The maximum absolute atomic E-state index is 10.4. The molecule has 3 aromatic rings. The summed E-state index contributed by atoms with van der Waals surface area (Å²) < 4.78 is 1.94. The first-order valence-electron chi connectivity index (χ1n) is 6.56. The van der Waals surface area contributed by atoms with Crippen LogP contribution in [0.5, 0.6) is 0 Å². The van der Waals surface area contributed by atoms with Crippen molar-refractivity contribution in [1.29, 1.82) is 0 Å². The van der Waals surface area contributed by atoms with Crippen molar-refractivity contribution in [3.8, 4) is 0 Å². The molecule has 0 aliphatic rings. The van der Waals surface area contributed by atoms with Crippen LogP contribution in [0.3, 0.4) is 0 Å². The van der Waals surface area contributed by atoms with Crippen LogP contribution in [0.25, 0.3) is 10.9 Å². The van der Waals surface area contributed by atoms with Gasteiger partial charge in [-0.05, 0) is 29.3 Å². The monoisotopic (exact) mass is 284 g/mol. The molecule has 0 fully saturated rings. The number of para-hydroxylation sites is 1. The van der Waals surface area contributed by atoms with Crippen molar-refractivity contribution in [2.45, 2.75) is 12.6 Å². The third-order valence-electron chi connectivity index (χ3n) is 3.43. The summed E-state index contributed by atoms with van der Waals surface area (Å²) >= 11 is 6.29. The van der Waals surface area contributed by atoms with Gasteiger partial charge in [0, 0.05) is 17.5 Å². The summed E-state index contributed by atoms with van der Waals surface area (Å²) in [6, 6.07) is 21.5. The van der Waals surface area contributed by atoms with E-state index in [0.29, 0.717) is 11.7 Å². The lowest BCUT2D eigenvalue weighted by Gasteiger charge is -2.09. The molecule has 0 radical (unpaired) electrons. The van der Waals surface area contributed by atoms with Gasteiger partial charge in [0.1, 0.15) is 6.10 Å². The third-order valence-corrected chi connectivity index (χ3v) is 3.76. The highest BCUT2D eigenvalue weighted by Crippen LogP contribution is 2.17. The van der Waals surface area contributed by atoms with Crippen LogP contribution in [0.1, 0.15) is 11.7 Å². The first-order chi connectivity index (χ1) is 9.75. The number of aliphatic hydroxyl groups is 1. The number of aromatic nitrogens is 1. The Morgan fingerprint density at radius 1 is 0.900 bits per heavy atom. The van der Waals surface area contributed by atoms with Crippen LogP contribution in [0, 0.1) is 0 Å². The van der Waals surface area contributed by atoms with E-state index in [2.05, 4.69) is 0 Å². The summed E-state index contributed by atoms with van der Waals surface area (Å²) in [6.07, 6.45) is -0.579. The molecule has 1 N–H and O–H groups in total. The Morgan fingerprint density at radius 3 is 2.40 bits per heavy atom. The molecule has 20 heavy (non-hydrogen) atoms. The van der Waals surface area contributed by atoms with Crippen molar-refractivity contribution in [1.82, 2.24) is 0 Å². The number of halogens is 1. The van der Waals surface area contributed by atoms with Gasteiger partial charge in [0.05, 0.1) is 0 Å². The van der Waals surface area contributed by atoms with E-state index in [1.54, 1.807) is 0 Å². The predicted molar refractivity (Wildman–Crippen MR) is 80.6 cm³/mol. The van der Waals surface area contributed by atoms with E-state index in [1.165, 1.54) is 0 Å². The fourth-order valence-electron chi connectivity index (χ4n) is 2.38. The number of fused-ring (bicyclic) bond motifs is 1. The highest BCUT2D eigenvalue weighted by molar-refractivity contribution is 6.28. The summed E-state index contributed by atoms with van der Waals surface area (Å²) in [7, 11) is 0. The standard InChI is InChI=1S/C17H15ClNO/c18-17-11-10-13-6-4-5-9-15(13)19(17)12-16(20)14-7-2-1-3-8-14/h1-11,16,20H,12H2/q+1.